The number of anilines is 2. The average molecular weight is 274 g/mol. The molecule has 0 radical (unpaired) electrons. The summed E-state index contributed by atoms with van der Waals surface area (Å²) in [5.74, 6) is 6.62. The summed E-state index contributed by atoms with van der Waals surface area (Å²) < 4.78 is 0.747. The Morgan fingerprint density at radius 2 is 1.93 bits per heavy atom. The second-order valence-electron chi connectivity index (χ2n) is 4.44. The first-order chi connectivity index (χ1) is 6.94. The van der Waals surface area contributed by atoms with Gasteiger partial charge in [-0.2, -0.15) is 0 Å². The van der Waals surface area contributed by atoms with Crippen molar-refractivity contribution in [3.8, 4) is 0 Å². The van der Waals surface area contributed by atoms with Gasteiger partial charge in [-0.3, -0.25) is 0 Å². The molecule has 1 aromatic heterocycles. The number of hydrogen-bond acceptors (Lipinski definition) is 5. The second-order valence-corrected chi connectivity index (χ2v) is 5.24. The zero-order valence-corrected chi connectivity index (χ0v) is 10.7. The third-order valence-electron chi connectivity index (χ3n) is 1.71. The molecule has 0 fully saturated rings. The molecule has 0 aliphatic carbocycles. The molecule has 0 spiro atoms. The molecular weight excluding hydrogens is 258 g/mol. The maximum Gasteiger partial charge on any atom is 0.159 e. The Balaban J connectivity index is 2.78. The van der Waals surface area contributed by atoms with E-state index in [0.717, 1.165) is 16.8 Å². The van der Waals surface area contributed by atoms with Crippen molar-refractivity contribution in [3.05, 3.63) is 10.8 Å². The van der Waals surface area contributed by atoms with Gasteiger partial charge in [-0.1, -0.05) is 20.8 Å². The molecule has 0 aliphatic heterocycles. The number of halogens is 1. The molecule has 1 rings (SSSR count). The second kappa shape index (κ2) is 4.76. The third-order valence-corrected chi connectivity index (χ3v) is 2.46. The number of nitrogen functional groups attached to an aromatic ring is 1. The normalized spacial score (nSPS) is 11.3. The van der Waals surface area contributed by atoms with Crippen LogP contribution in [0, 0.1) is 5.41 Å². The summed E-state index contributed by atoms with van der Waals surface area (Å²) >= 11 is 3.38. The van der Waals surface area contributed by atoms with Crippen molar-refractivity contribution in [1.29, 1.82) is 0 Å². The van der Waals surface area contributed by atoms with Gasteiger partial charge < -0.3 is 10.7 Å². The fraction of sp³-hybridized carbons (Fsp3) is 0.556. The zero-order chi connectivity index (χ0) is 11.5. The fourth-order valence-corrected chi connectivity index (χ4v) is 1.40. The molecule has 1 aromatic rings. The number of hydrazine groups is 1. The molecule has 0 aromatic carbocycles. The van der Waals surface area contributed by atoms with Crippen molar-refractivity contribution in [2.24, 2.45) is 11.3 Å². The predicted octanol–water partition coefficient (Wildman–Crippen LogP) is 1.98. The van der Waals surface area contributed by atoms with Crippen LogP contribution in [-0.4, -0.2) is 16.5 Å². The van der Waals surface area contributed by atoms with Gasteiger partial charge in [0, 0.05) is 6.54 Å². The molecule has 0 saturated heterocycles. The highest BCUT2D eigenvalue weighted by atomic mass is 79.9. The van der Waals surface area contributed by atoms with Gasteiger partial charge in [-0.15, -0.1) is 0 Å². The van der Waals surface area contributed by atoms with Gasteiger partial charge in [-0.05, 0) is 21.3 Å². The van der Waals surface area contributed by atoms with E-state index in [1.165, 1.54) is 6.33 Å². The Morgan fingerprint density at radius 1 is 1.33 bits per heavy atom. The lowest BCUT2D eigenvalue weighted by Gasteiger charge is -2.19. The van der Waals surface area contributed by atoms with Crippen LogP contribution in [0.1, 0.15) is 20.8 Å². The molecule has 1 heterocycles. The van der Waals surface area contributed by atoms with E-state index >= 15 is 0 Å². The molecule has 5 nitrogen and oxygen atoms in total. The van der Waals surface area contributed by atoms with Crippen molar-refractivity contribution < 1.29 is 0 Å². The number of nitrogens with two attached hydrogens (primary N) is 1. The summed E-state index contributed by atoms with van der Waals surface area (Å²) in [6, 6.07) is 0. The first-order valence-electron chi connectivity index (χ1n) is 4.65. The quantitative estimate of drug-likeness (QED) is 0.580. The molecule has 0 bridgehead atoms. The summed E-state index contributed by atoms with van der Waals surface area (Å²) in [6.07, 6.45) is 1.46. The van der Waals surface area contributed by atoms with E-state index in [1.807, 2.05) is 0 Å². The highest BCUT2D eigenvalue weighted by Crippen LogP contribution is 2.26. The molecule has 0 aliphatic rings. The van der Waals surface area contributed by atoms with E-state index in [9.17, 15) is 0 Å². The van der Waals surface area contributed by atoms with Gasteiger partial charge >= 0.3 is 0 Å². The number of rotatable bonds is 3. The van der Waals surface area contributed by atoms with E-state index in [-0.39, 0.29) is 5.41 Å². The van der Waals surface area contributed by atoms with Crippen LogP contribution in [0.25, 0.3) is 0 Å². The smallest absolute Gasteiger partial charge is 0.159 e. The van der Waals surface area contributed by atoms with Gasteiger partial charge in [0.2, 0.25) is 0 Å². The van der Waals surface area contributed by atoms with Crippen molar-refractivity contribution in [3.63, 3.8) is 0 Å². The Kier molecular flexibility index (Phi) is 3.87. The fourth-order valence-electron chi connectivity index (χ4n) is 0.943. The third kappa shape index (κ3) is 3.64. The van der Waals surface area contributed by atoms with E-state index < -0.39 is 0 Å². The summed E-state index contributed by atoms with van der Waals surface area (Å²) in [5.41, 5.74) is 2.69. The van der Waals surface area contributed by atoms with Gasteiger partial charge in [0.1, 0.15) is 16.6 Å². The largest absolute Gasteiger partial charge is 0.368 e. The number of hydrogen-bond donors (Lipinski definition) is 3. The minimum absolute atomic E-state index is 0.195. The van der Waals surface area contributed by atoms with E-state index in [0.29, 0.717) is 5.82 Å². The Labute approximate surface area is 98.0 Å². The maximum absolute atomic E-state index is 5.30. The molecular formula is C9H16BrN5. The Hall–Kier alpha value is -0.880. The van der Waals surface area contributed by atoms with Crippen molar-refractivity contribution >= 4 is 27.6 Å². The van der Waals surface area contributed by atoms with Crippen LogP contribution in [-0.2, 0) is 0 Å². The number of nitrogens with one attached hydrogen (secondary N) is 2. The maximum atomic E-state index is 5.30. The predicted molar refractivity (Wildman–Crippen MR) is 65.5 cm³/mol. The molecule has 0 unspecified atom stereocenters. The number of aromatic nitrogens is 2. The lowest BCUT2D eigenvalue weighted by atomic mass is 9.97. The molecule has 15 heavy (non-hydrogen) atoms. The Morgan fingerprint density at radius 3 is 2.47 bits per heavy atom. The van der Waals surface area contributed by atoms with Crippen LogP contribution in [0.3, 0.4) is 0 Å². The van der Waals surface area contributed by atoms with Crippen LogP contribution in [0.4, 0.5) is 11.6 Å². The van der Waals surface area contributed by atoms with Gasteiger partial charge in [0.05, 0.1) is 0 Å². The van der Waals surface area contributed by atoms with Crippen LogP contribution in [0.2, 0.25) is 0 Å². The molecule has 0 saturated carbocycles. The molecule has 4 N–H and O–H groups in total. The van der Waals surface area contributed by atoms with Crippen LogP contribution < -0.4 is 16.6 Å². The topological polar surface area (TPSA) is 75.9 Å². The van der Waals surface area contributed by atoms with E-state index in [1.54, 1.807) is 0 Å². The van der Waals surface area contributed by atoms with Gasteiger partial charge in [0.15, 0.2) is 5.82 Å². The van der Waals surface area contributed by atoms with Crippen molar-refractivity contribution in [1.82, 2.24) is 9.97 Å². The molecule has 0 atom stereocenters. The molecule has 84 valence electrons. The summed E-state index contributed by atoms with van der Waals surface area (Å²) in [4.78, 5) is 8.09. The van der Waals surface area contributed by atoms with Gasteiger partial charge in [-0.25, -0.2) is 15.8 Å². The highest BCUT2D eigenvalue weighted by molar-refractivity contribution is 9.10. The number of nitrogens with zero attached hydrogens (tertiary/aromatic N) is 2. The van der Waals surface area contributed by atoms with Crippen LogP contribution in [0.5, 0.6) is 0 Å². The zero-order valence-electron chi connectivity index (χ0n) is 9.13. The van der Waals surface area contributed by atoms with Crippen molar-refractivity contribution in [2.45, 2.75) is 20.8 Å². The first kappa shape index (κ1) is 12.2. The monoisotopic (exact) mass is 273 g/mol. The SMILES string of the molecule is CC(C)(C)CNc1ncnc(NN)c1Br. The highest BCUT2D eigenvalue weighted by Gasteiger charge is 2.12. The lowest BCUT2D eigenvalue weighted by Crippen LogP contribution is -2.20. The van der Waals surface area contributed by atoms with Crippen LogP contribution >= 0.6 is 15.9 Å². The average Bonchev–Trinajstić information content (AvgIpc) is 2.15. The van der Waals surface area contributed by atoms with E-state index in [4.69, 9.17) is 5.84 Å². The van der Waals surface area contributed by atoms with E-state index in [2.05, 4.69) is 57.4 Å². The summed E-state index contributed by atoms with van der Waals surface area (Å²) in [7, 11) is 0. The summed E-state index contributed by atoms with van der Waals surface area (Å²) in [5, 5.41) is 3.23. The first-order valence-corrected chi connectivity index (χ1v) is 5.44. The molecule has 6 heteroatoms. The van der Waals surface area contributed by atoms with Gasteiger partial charge in [0.25, 0.3) is 0 Å². The van der Waals surface area contributed by atoms with Crippen LogP contribution in [0.15, 0.2) is 10.8 Å². The minimum atomic E-state index is 0.195. The summed E-state index contributed by atoms with van der Waals surface area (Å²) in [6.45, 7) is 7.28. The standard InChI is InChI=1S/C9H16BrN5/c1-9(2,3)4-12-7-6(10)8(15-11)14-5-13-7/h5H,4,11H2,1-3H3,(H2,12,13,14,15). The lowest BCUT2D eigenvalue weighted by molar-refractivity contribution is 0.442. The molecule has 0 amide bonds. The van der Waals surface area contributed by atoms with Crippen molar-refractivity contribution in [2.75, 3.05) is 17.3 Å². The Bertz CT molecular complexity index is 334. The minimum Gasteiger partial charge on any atom is -0.368 e.